The Hall–Kier alpha value is -3.72. The van der Waals surface area contributed by atoms with Crippen LogP contribution < -0.4 is 0 Å². The van der Waals surface area contributed by atoms with Gasteiger partial charge in [0.2, 0.25) is 5.91 Å². The van der Waals surface area contributed by atoms with Crippen LogP contribution in [0.25, 0.3) is 10.9 Å². The van der Waals surface area contributed by atoms with Crippen LogP contribution in [-0.4, -0.2) is 76.2 Å². The predicted octanol–water partition coefficient (Wildman–Crippen LogP) is 3.45. The molecule has 2 aromatic carbocycles. The van der Waals surface area contributed by atoms with E-state index in [2.05, 4.69) is 39.9 Å². The quantitative estimate of drug-likeness (QED) is 0.506. The van der Waals surface area contributed by atoms with Crippen molar-refractivity contribution in [2.45, 2.75) is 31.7 Å². The van der Waals surface area contributed by atoms with Crippen LogP contribution in [-0.2, 0) is 27.2 Å². The number of carboxylic acid groups (broad SMARTS) is 2. The van der Waals surface area contributed by atoms with Crippen molar-refractivity contribution in [3.05, 3.63) is 71.7 Å². The average Bonchev–Trinajstić information content (AvgIpc) is 3.27. The fraction of sp³-hybridized carbons (Fsp3) is 0.370. The number of carbonyl (C=O) groups is 3. The number of fused-ring (bicyclic) bond motifs is 1. The molecule has 2 N–H and O–H groups in total. The zero-order valence-electron chi connectivity index (χ0n) is 20.6. The summed E-state index contributed by atoms with van der Waals surface area (Å²) in [6.45, 7) is 3.16. The van der Waals surface area contributed by atoms with Gasteiger partial charge in [0.15, 0.2) is 0 Å². The van der Waals surface area contributed by atoms with Crippen molar-refractivity contribution in [3.8, 4) is 0 Å². The van der Waals surface area contributed by atoms with Crippen LogP contribution in [0.2, 0.25) is 0 Å². The molecule has 192 valence electrons. The molecule has 0 aliphatic carbocycles. The number of rotatable bonds is 6. The van der Waals surface area contributed by atoms with E-state index in [1.165, 1.54) is 16.5 Å². The number of hydrogen-bond donors (Lipinski definition) is 2. The third-order valence-corrected chi connectivity index (χ3v) is 6.41. The van der Waals surface area contributed by atoms with Crippen molar-refractivity contribution in [2.24, 2.45) is 0 Å². The summed E-state index contributed by atoms with van der Waals surface area (Å²) in [4.78, 5) is 34.4. The first-order chi connectivity index (χ1) is 17.1. The lowest BCUT2D eigenvalue weighted by atomic mass is 10.0. The molecule has 1 aromatic heterocycles. The van der Waals surface area contributed by atoms with Crippen molar-refractivity contribution in [1.29, 1.82) is 0 Å². The van der Waals surface area contributed by atoms with Crippen molar-refractivity contribution < 1.29 is 29.0 Å². The van der Waals surface area contributed by atoms with E-state index in [-0.39, 0.29) is 11.7 Å². The van der Waals surface area contributed by atoms with Crippen molar-refractivity contribution in [1.82, 2.24) is 14.4 Å². The second-order valence-corrected chi connectivity index (χ2v) is 9.14. The van der Waals surface area contributed by atoms with E-state index in [0.717, 1.165) is 44.5 Å². The van der Waals surface area contributed by atoms with Gasteiger partial charge >= 0.3 is 11.9 Å². The normalized spacial score (nSPS) is 14.2. The van der Waals surface area contributed by atoms with E-state index in [9.17, 15) is 9.18 Å². The summed E-state index contributed by atoms with van der Waals surface area (Å²) >= 11 is 0. The number of amides is 1. The Morgan fingerprint density at radius 3 is 2.14 bits per heavy atom. The molecule has 0 bridgehead atoms. The van der Waals surface area contributed by atoms with Crippen molar-refractivity contribution in [2.75, 3.05) is 33.7 Å². The molecule has 1 saturated heterocycles. The second kappa shape index (κ2) is 12.3. The first kappa shape index (κ1) is 26.9. The van der Waals surface area contributed by atoms with Gasteiger partial charge in [0.1, 0.15) is 5.82 Å². The molecule has 0 unspecified atom stereocenters. The van der Waals surface area contributed by atoms with Crippen LogP contribution in [0.5, 0.6) is 0 Å². The van der Waals surface area contributed by atoms with E-state index in [1.54, 1.807) is 31.1 Å². The molecule has 8 nitrogen and oxygen atoms in total. The summed E-state index contributed by atoms with van der Waals surface area (Å²) in [7, 11) is 3.60. The molecular formula is C27H32FN3O5. The molecule has 36 heavy (non-hydrogen) atoms. The molecule has 3 aromatic rings. The summed E-state index contributed by atoms with van der Waals surface area (Å²) in [6, 6.07) is 15.9. The third kappa shape index (κ3) is 7.39. The first-order valence-corrected chi connectivity index (χ1v) is 11.9. The highest BCUT2D eigenvalue weighted by Gasteiger charge is 2.21. The van der Waals surface area contributed by atoms with Crippen LogP contribution in [0.4, 0.5) is 4.39 Å². The molecule has 0 atom stereocenters. The number of likely N-dealkylation sites (tertiary alicyclic amines) is 1. The monoisotopic (exact) mass is 497 g/mol. The molecule has 1 aliphatic heterocycles. The molecule has 1 aliphatic rings. The Morgan fingerprint density at radius 1 is 0.944 bits per heavy atom. The largest absolute Gasteiger partial charge is 0.473 e. The zero-order chi connectivity index (χ0) is 26.2. The van der Waals surface area contributed by atoms with Gasteiger partial charge in [-0.3, -0.25) is 4.79 Å². The van der Waals surface area contributed by atoms with Crippen molar-refractivity contribution in [3.63, 3.8) is 0 Å². The number of halogens is 1. The summed E-state index contributed by atoms with van der Waals surface area (Å²) in [5, 5.41) is 16.0. The first-order valence-electron chi connectivity index (χ1n) is 11.9. The Bertz CT molecular complexity index is 1190. The molecule has 4 rings (SSSR count). The van der Waals surface area contributed by atoms with E-state index in [4.69, 9.17) is 19.8 Å². The van der Waals surface area contributed by atoms with Gasteiger partial charge in [0, 0.05) is 51.5 Å². The molecule has 0 saturated carbocycles. The smallest absolute Gasteiger partial charge is 0.414 e. The fourth-order valence-electron chi connectivity index (χ4n) is 4.32. The highest BCUT2D eigenvalue weighted by molar-refractivity contribution is 6.27. The fourth-order valence-corrected chi connectivity index (χ4v) is 4.32. The molecule has 0 spiro atoms. The lowest BCUT2D eigenvalue weighted by molar-refractivity contribution is -0.159. The maximum absolute atomic E-state index is 13.1. The summed E-state index contributed by atoms with van der Waals surface area (Å²) < 4.78 is 15.5. The van der Waals surface area contributed by atoms with Gasteiger partial charge in [0.05, 0.1) is 6.42 Å². The molecule has 9 heteroatoms. The third-order valence-electron chi connectivity index (χ3n) is 6.41. The van der Waals surface area contributed by atoms with Gasteiger partial charge in [-0.15, -0.1) is 0 Å². The van der Waals surface area contributed by atoms with Crippen LogP contribution in [0.3, 0.4) is 0 Å². The van der Waals surface area contributed by atoms with Gasteiger partial charge in [-0.25, -0.2) is 14.0 Å². The maximum Gasteiger partial charge on any atom is 0.414 e. The Kier molecular flexibility index (Phi) is 9.19. The minimum absolute atomic E-state index is 0.127. The van der Waals surface area contributed by atoms with Gasteiger partial charge in [0.25, 0.3) is 0 Å². The number of aliphatic carboxylic acids is 2. The molecule has 2 heterocycles. The van der Waals surface area contributed by atoms with Crippen LogP contribution in [0, 0.1) is 5.82 Å². The van der Waals surface area contributed by atoms with Crippen molar-refractivity contribution >= 4 is 28.7 Å². The standard InChI is InChI=1S/C25H30FN3O.C2H2O4/c1-27(2)25(30)18-20-3-6-21-10-16-29(24(21)17-20)23-11-14-28(15-12-23)13-9-19-4-7-22(26)8-5-19;3-1(4)2(5)6/h3-8,10,16-17,23H,9,11-15,18H2,1-2H3;(H,3,4)(H,5,6). The average molecular weight is 498 g/mol. The molecule has 0 radical (unpaired) electrons. The Labute approximate surface area is 209 Å². The van der Waals surface area contributed by atoms with E-state index < -0.39 is 11.9 Å². The minimum Gasteiger partial charge on any atom is -0.473 e. The van der Waals surface area contributed by atoms with Gasteiger partial charge < -0.3 is 24.6 Å². The van der Waals surface area contributed by atoms with Crippen LogP contribution in [0.15, 0.2) is 54.7 Å². The Balaban J connectivity index is 0.000000538. The highest BCUT2D eigenvalue weighted by Crippen LogP contribution is 2.28. The van der Waals surface area contributed by atoms with Crippen LogP contribution in [0.1, 0.15) is 30.0 Å². The lowest BCUT2D eigenvalue weighted by Crippen LogP contribution is -2.35. The van der Waals surface area contributed by atoms with Crippen LogP contribution >= 0.6 is 0 Å². The lowest BCUT2D eigenvalue weighted by Gasteiger charge is -2.33. The highest BCUT2D eigenvalue weighted by atomic mass is 19.1. The van der Waals surface area contributed by atoms with Gasteiger partial charge in [-0.05, 0) is 60.0 Å². The number of aromatic nitrogens is 1. The number of carboxylic acids is 2. The van der Waals surface area contributed by atoms with Gasteiger partial charge in [-0.2, -0.15) is 0 Å². The van der Waals surface area contributed by atoms with E-state index in [0.29, 0.717) is 12.5 Å². The number of nitrogens with zero attached hydrogens (tertiary/aromatic N) is 3. The molecule has 1 fully saturated rings. The van der Waals surface area contributed by atoms with Gasteiger partial charge in [-0.1, -0.05) is 24.3 Å². The SMILES string of the molecule is CN(C)C(=O)Cc1ccc2ccn(C3CCN(CCc4ccc(F)cc4)CC3)c2c1.O=C(O)C(=O)O. The summed E-state index contributed by atoms with van der Waals surface area (Å²) in [6.07, 6.45) is 5.83. The minimum atomic E-state index is -1.82. The zero-order valence-corrected chi connectivity index (χ0v) is 20.6. The van der Waals surface area contributed by atoms with E-state index >= 15 is 0 Å². The number of piperidine rings is 1. The number of likely N-dealkylation sites (N-methyl/N-ethyl adjacent to an activating group) is 1. The predicted molar refractivity (Wildman–Crippen MR) is 134 cm³/mol. The second-order valence-electron chi connectivity index (χ2n) is 9.14. The number of benzene rings is 2. The topological polar surface area (TPSA) is 103 Å². The summed E-state index contributed by atoms with van der Waals surface area (Å²) in [5.74, 6) is -3.69. The molecular weight excluding hydrogens is 465 g/mol. The number of carbonyl (C=O) groups excluding carboxylic acids is 1. The summed E-state index contributed by atoms with van der Waals surface area (Å²) in [5.41, 5.74) is 3.48. The Morgan fingerprint density at radius 2 is 1.56 bits per heavy atom. The molecule has 1 amide bonds. The number of hydrogen-bond acceptors (Lipinski definition) is 4. The van der Waals surface area contributed by atoms with E-state index in [1.807, 2.05) is 12.1 Å². The maximum atomic E-state index is 13.1.